The highest BCUT2D eigenvalue weighted by molar-refractivity contribution is 5.84. The van der Waals surface area contributed by atoms with Crippen molar-refractivity contribution in [3.8, 4) is 0 Å². The summed E-state index contributed by atoms with van der Waals surface area (Å²) in [4.78, 5) is 14.1. The zero-order valence-corrected chi connectivity index (χ0v) is 11.9. The van der Waals surface area contributed by atoms with E-state index in [1.807, 2.05) is 11.9 Å². The van der Waals surface area contributed by atoms with Gasteiger partial charge in [0.2, 0.25) is 5.91 Å². The maximum atomic E-state index is 12.3. The van der Waals surface area contributed by atoms with Crippen molar-refractivity contribution in [1.29, 1.82) is 0 Å². The molecule has 0 aromatic heterocycles. The highest BCUT2D eigenvalue weighted by Gasteiger charge is 2.68. The molecule has 0 aliphatic heterocycles. The first kappa shape index (κ1) is 14.5. The molecule has 100 valence electrons. The minimum Gasteiger partial charge on any atom is -0.396 e. The second-order valence-corrected chi connectivity index (χ2v) is 6.42. The summed E-state index contributed by atoms with van der Waals surface area (Å²) < 4.78 is 0. The van der Waals surface area contributed by atoms with E-state index in [9.17, 15) is 4.79 Å². The number of rotatable bonds is 6. The molecule has 1 amide bonds. The van der Waals surface area contributed by atoms with Crippen molar-refractivity contribution < 1.29 is 9.90 Å². The number of nitrogens with zero attached hydrogens (tertiary/aromatic N) is 1. The van der Waals surface area contributed by atoms with Gasteiger partial charge in [0.15, 0.2) is 0 Å². The molecule has 0 unspecified atom stereocenters. The molecule has 0 aromatic carbocycles. The molecule has 3 heteroatoms. The van der Waals surface area contributed by atoms with Crippen LogP contribution in [0.25, 0.3) is 0 Å². The van der Waals surface area contributed by atoms with E-state index in [4.69, 9.17) is 5.11 Å². The highest BCUT2D eigenvalue weighted by Crippen LogP contribution is 2.68. The van der Waals surface area contributed by atoms with Crippen molar-refractivity contribution in [3.05, 3.63) is 0 Å². The molecule has 0 heterocycles. The van der Waals surface area contributed by atoms with Crippen LogP contribution in [0, 0.1) is 16.7 Å². The van der Waals surface area contributed by atoms with Crippen molar-refractivity contribution in [2.45, 2.75) is 47.0 Å². The monoisotopic (exact) mass is 241 g/mol. The summed E-state index contributed by atoms with van der Waals surface area (Å²) in [5, 5.41) is 8.70. The minimum atomic E-state index is 0.128. The van der Waals surface area contributed by atoms with Crippen molar-refractivity contribution in [2.75, 3.05) is 20.2 Å². The Bertz CT molecular complexity index is 270. The van der Waals surface area contributed by atoms with Gasteiger partial charge in [-0.3, -0.25) is 4.79 Å². The molecule has 17 heavy (non-hydrogen) atoms. The summed E-state index contributed by atoms with van der Waals surface area (Å²) in [7, 11) is 1.89. The summed E-state index contributed by atoms with van der Waals surface area (Å²) in [5.41, 5.74) is 0.257. The Kier molecular flexibility index (Phi) is 4.23. The molecule has 1 aliphatic rings. The summed E-state index contributed by atoms with van der Waals surface area (Å²) in [5.74, 6) is 0.446. The Hall–Kier alpha value is -0.570. The molecule has 0 radical (unpaired) electrons. The summed E-state index contributed by atoms with van der Waals surface area (Å²) in [6, 6.07) is 0. The average Bonchev–Trinajstić information content (AvgIpc) is 2.63. The summed E-state index contributed by atoms with van der Waals surface area (Å²) in [6.45, 7) is 9.76. The van der Waals surface area contributed by atoms with Crippen LogP contribution >= 0.6 is 0 Å². The molecule has 1 N–H and O–H groups in total. The average molecular weight is 241 g/mol. The number of aliphatic hydroxyl groups is 1. The number of hydrogen-bond donors (Lipinski definition) is 1. The normalized spacial score (nSPS) is 21.3. The predicted octanol–water partition coefficient (Wildman–Crippen LogP) is 2.29. The van der Waals surface area contributed by atoms with E-state index >= 15 is 0 Å². The maximum absolute atomic E-state index is 12.3. The van der Waals surface area contributed by atoms with Gasteiger partial charge in [-0.15, -0.1) is 0 Å². The van der Waals surface area contributed by atoms with Gasteiger partial charge in [0.05, 0.1) is 0 Å². The van der Waals surface area contributed by atoms with Gasteiger partial charge in [0.1, 0.15) is 0 Å². The molecule has 0 aromatic rings. The van der Waals surface area contributed by atoms with Crippen LogP contribution in [0.2, 0.25) is 0 Å². The minimum absolute atomic E-state index is 0.128. The fraction of sp³-hybridized carbons (Fsp3) is 0.929. The van der Waals surface area contributed by atoms with Crippen molar-refractivity contribution >= 4 is 5.91 Å². The Morgan fingerprint density at radius 3 is 2.06 bits per heavy atom. The first-order valence-corrected chi connectivity index (χ1v) is 6.62. The van der Waals surface area contributed by atoms with E-state index in [1.165, 1.54) is 0 Å². The van der Waals surface area contributed by atoms with Crippen LogP contribution in [-0.2, 0) is 4.79 Å². The Balaban J connectivity index is 2.39. The zero-order chi connectivity index (χ0) is 13.3. The molecule has 1 rings (SSSR count). The van der Waals surface area contributed by atoms with E-state index in [-0.39, 0.29) is 29.3 Å². The number of unbranched alkanes of at least 4 members (excludes halogenated alkanes) is 2. The number of amides is 1. The molecule has 0 bridgehead atoms. The summed E-state index contributed by atoms with van der Waals surface area (Å²) in [6.07, 6.45) is 2.81. The molecule has 1 saturated carbocycles. The third-order valence-corrected chi connectivity index (χ3v) is 4.80. The van der Waals surface area contributed by atoms with Crippen LogP contribution in [0.1, 0.15) is 47.0 Å². The second kappa shape index (κ2) is 4.97. The Morgan fingerprint density at radius 2 is 1.65 bits per heavy atom. The van der Waals surface area contributed by atoms with Crippen LogP contribution in [0.15, 0.2) is 0 Å². The lowest BCUT2D eigenvalue weighted by Crippen LogP contribution is -2.31. The summed E-state index contributed by atoms with van der Waals surface area (Å²) >= 11 is 0. The maximum Gasteiger partial charge on any atom is 0.226 e. The van der Waals surface area contributed by atoms with E-state index in [1.54, 1.807) is 0 Å². The number of carbonyl (C=O) groups is 1. The molecular weight excluding hydrogens is 214 g/mol. The van der Waals surface area contributed by atoms with Crippen LogP contribution in [0.4, 0.5) is 0 Å². The van der Waals surface area contributed by atoms with Gasteiger partial charge >= 0.3 is 0 Å². The molecule has 1 fully saturated rings. The van der Waals surface area contributed by atoms with Crippen molar-refractivity contribution in [1.82, 2.24) is 4.90 Å². The number of carbonyl (C=O) groups excluding carboxylic acids is 1. The third-order valence-electron chi connectivity index (χ3n) is 4.80. The van der Waals surface area contributed by atoms with Crippen LogP contribution in [0.5, 0.6) is 0 Å². The molecule has 0 atom stereocenters. The molecule has 3 nitrogen and oxygen atoms in total. The van der Waals surface area contributed by atoms with E-state index in [0.29, 0.717) is 0 Å². The van der Waals surface area contributed by atoms with E-state index in [2.05, 4.69) is 27.7 Å². The fourth-order valence-corrected chi connectivity index (χ4v) is 2.78. The van der Waals surface area contributed by atoms with Gasteiger partial charge in [-0.2, -0.15) is 0 Å². The van der Waals surface area contributed by atoms with Crippen LogP contribution in [-0.4, -0.2) is 36.1 Å². The van der Waals surface area contributed by atoms with Crippen LogP contribution < -0.4 is 0 Å². The van der Waals surface area contributed by atoms with Gasteiger partial charge < -0.3 is 10.0 Å². The van der Waals surface area contributed by atoms with Gasteiger partial charge in [0, 0.05) is 26.1 Å². The molecule has 1 aliphatic carbocycles. The SMILES string of the molecule is CN(CCCCCO)C(=O)C1C(C)(C)C1(C)C. The van der Waals surface area contributed by atoms with Gasteiger partial charge in [0.25, 0.3) is 0 Å². The lowest BCUT2D eigenvalue weighted by molar-refractivity contribution is -0.132. The topological polar surface area (TPSA) is 40.5 Å². The first-order chi connectivity index (χ1) is 7.76. The van der Waals surface area contributed by atoms with Crippen LogP contribution in [0.3, 0.4) is 0 Å². The van der Waals surface area contributed by atoms with Gasteiger partial charge in [-0.25, -0.2) is 0 Å². The highest BCUT2D eigenvalue weighted by atomic mass is 16.2. The standard InChI is InChI=1S/C14H27NO2/c1-13(2)11(14(13,3)4)12(17)15(5)9-7-6-8-10-16/h11,16H,6-10H2,1-5H3. The molecule has 0 spiro atoms. The molecular formula is C14H27NO2. The fourth-order valence-electron chi connectivity index (χ4n) is 2.78. The van der Waals surface area contributed by atoms with Crippen molar-refractivity contribution in [3.63, 3.8) is 0 Å². The quantitative estimate of drug-likeness (QED) is 0.725. The Morgan fingerprint density at radius 1 is 1.12 bits per heavy atom. The number of hydrogen-bond acceptors (Lipinski definition) is 2. The number of aliphatic hydroxyl groups excluding tert-OH is 1. The smallest absolute Gasteiger partial charge is 0.226 e. The van der Waals surface area contributed by atoms with Crippen molar-refractivity contribution in [2.24, 2.45) is 16.7 Å². The molecule has 0 saturated heterocycles. The Labute approximate surface area is 105 Å². The van der Waals surface area contributed by atoms with Gasteiger partial charge in [-0.1, -0.05) is 27.7 Å². The predicted molar refractivity (Wildman–Crippen MR) is 69.6 cm³/mol. The third kappa shape index (κ3) is 2.65. The second-order valence-electron chi connectivity index (χ2n) is 6.42. The van der Waals surface area contributed by atoms with E-state index in [0.717, 1.165) is 25.8 Å². The van der Waals surface area contributed by atoms with E-state index < -0.39 is 0 Å². The lowest BCUT2D eigenvalue weighted by Gasteiger charge is -2.18. The largest absolute Gasteiger partial charge is 0.396 e. The van der Waals surface area contributed by atoms with Gasteiger partial charge in [-0.05, 0) is 30.1 Å². The lowest BCUT2D eigenvalue weighted by atomic mass is 10.0. The zero-order valence-electron chi connectivity index (χ0n) is 11.9. The first-order valence-electron chi connectivity index (χ1n) is 6.62.